The molecule has 0 unspecified atom stereocenters. The van der Waals surface area contributed by atoms with Gasteiger partial charge < -0.3 is 13.9 Å². The van der Waals surface area contributed by atoms with Crippen molar-refractivity contribution in [2.45, 2.75) is 70.7 Å². The van der Waals surface area contributed by atoms with E-state index >= 15 is 0 Å². The van der Waals surface area contributed by atoms with Crippen LogP contribution >= 0.6 is 11.3 Å². The number of pyridine rings is 1. The maximum Gasteiger partial charge on any atom is 0.295 e. The van der Waals surface area contributed by atoms with Gasteiger partial charge in [0, 0.05) is 22.9 Å². The lowest BCUT2D eigenvalue weighted by atomic mass is 9.41. The monoisotopic (exact) mass is 570 g/mol. The number of rotatable bonds is 9. The van der Waals surface area contributed by atoms with Crippen molar-refractivity contribution in [2.24, 2.45) is 5.41 Å². The van der Waals surface area contributed by atoms with Crippen LogP contribution in [0.3, 0.4) is 0 Å². The van der Waals surface area contributed by atoms with Crippen LogP contribution in [0.5, 0.6) is 10.9 Å². The number of methoxy groups -OCH3 is 1. The van der Waals surface area contributed by atoms with Crippen LogP contribution in [-0.4, -0.2) is 48.7 Å². The minimum Gasteiger partial charge on any atom is -0.496 e. The predicted molar refractivity (Wildman–Crippen MR) is 152 cm³/mol. The molecule has 2 aromatic heterocycles. The molecule has 3 saturated carbocycles. The summed E-state index contributed by atoms with van der Waals surface area (Å²) in [5, 5.41) is 11.8. The Bertz CT molecular complexity index is 1400. The molecule has 3 aromatic rings. The Hall–Kier alpha value is -2.89. The molecule has 3 aliphatic rings. The van der Waals surface area contributed by atoms with Gasteiger partial charge >= 0.3 is 0 Å². The number of hydrogen-bond donors (Lipinski definition) is 1. The standard InChI is InChI=1S/C28H35FN4O4SSi/c1-17-11-18(22-20(29)9-8-10-21(22)35-5)19(12-30-17)23(34)31-24-32-33-25(38-24)36-16-27-13-28(14-27,15-27)37-39(6,7)26(2,3)4/h8-12H,13-16H2,1-7H3,(H,31,32,34). The fourth-order valence-corrected chi connectivity index (χ4v) is 7.63. The molecule has 1 N–H and O–H groups in total. The third-order valence-corrected chi connectivity index (χ3v) is 13.6. The van der Waals surface area contributed by atoms with Gasteiger partial charge in [-0.1, -0.05) is 31.9 Å². The Morgan fingerprint density at radius 3 is 2.59 bits per heavy atom. The van der Waals surface area contributed by atoms with E-state index in [-0.39, 0.29) is 32.3 Å². The van der Waals surface area contributed by atoms with E-state index in [1.165, 1.54) is 19.4 Å². The summed E-state index contributed by atoms with van der Waals surface area (Å²) in [4.78, 5) is 17.5. The highest BCUT2D eigenvalue weighted by Gasteiger charge is 2.70. The minimum atomic E-state index is -1.80. The maximum atomic E-state index is 14.8. The Labute approximate surface area is 233 Å². The normalized spacial score (nSPS) is 22.1. The molecule has 2 heterocycles. The molecule has 8 nitrogen and oxygen atoms in total. The molecule has 0 atom stereocenters. The van der Waals surface area contributed by atoms with E-state index in [0.29, 0.717) is 28.8 Å². The minimum absolute atomic E-state index is 0.0211. The molecule has 11 heteroatoms. The zero-order valence-electron chi connectivity index (χ0n) is 23.5. The van der Waals surface area contributed by atoms with Crippen LogP contribution < -0.4 is 14.8 Å². The number of aryl methyl sites for hydroxylation is 1. The lowest BCUT2D eigenvalue weighted by molar-refractivity contribution is -0.259. The lowest BCUT2D eigenvalue weighted by Crippen LogP contribution is -2.73. The Balaban J connectivity index is 1.22. The summed E-state index contributed by atoms with van der Waals surface area (Å²) in [6.45, 7) is 13.7. The van der Waals surface area contributed by atoms with Gasteiger partial charge in [-0.25, -0.2) is 4.39 Å². The van der Waals surface area contributed by atoms with Crippen molar-refractivity contribution in [1.29, 1.82) is 0 Å². The number of anilines is 1. The summed E-state index contributed by atoms with van der Waals surface area (Å²) in [5.41, 5.74) is 1.58. The number of carbonyl (C=O) groups is 1. The lowest BCUT2D eigenvalue weighted by Gasteiger charge is -2.71. The molecule has 1 amide bonds. The number of halogens is 1. The van der Waals surface area contributed by atoms with Crippen molar-refractivity contribution in [2.75, 3.05) is 19.0 Å². The molecule has 0 spiro atoms. The van der Waals surface area contributed by atoms with E-state index in [0.717, 1.165) is 30.6 Å². The molecule has 1 aromatic carbocycles. The average Bonchev–Trinajstić information content (AvgIpc) is 3.25. The van der Waals surface area contributed by atoms with E-state index in [4.69, 9.17) is 13.9 Å². The Kier molecular flexibility index (Phi) is 6.83. The van der Waals surface area contributed by atoms with Crippen LogP contribution in [0.15, 0.2) is 30.5 Å². The summed E-state index contributed by atoms with van der Waals surface area (Å²) in [5.74, 6) is -0.647. The maximum absolute atomic E-state index is 14.8. The summed E-state index contributed by atoms with van der Waals surface area (Å²) < 4.78 is 32.9. The fourth-order valence-electron chi connectivity index (χ4n) is 5.43. The molecule has 3 aliphatic carbocycles. The van der Waals surface area contributed by atoms with Crippen LogP contribution in [0.4, 0.5) is 9.52 Å². The van der Waals surface area contributed by atoms with Gasteiger partial charge in [-0.2, -0.15) is 0 Å². The van der Waals surface area contributed by atoms with Gasteiger partial charge in [0.05, 0.1) is 30.4 Å². The molecular formula is C28H35FN4O4SSi. The molecule has 0 radical (unpaired) electrons. The highest BCUT2D eigenvalue weighted by atomic mass is 32.1. The van der Waals surface area contributed by atoms with Crippen LogP contribution in [0, 0.1) is 18.2 Å². The second-order valence-corrected chi connectivity index (χ2v) is 18.0. The number of aromatic nitrogens is 3. The number of hydrogen-bond acceptors (Lipinski definition) is 8. The van der Waals surface area contributed by atoms with Gasteiger partial charge in [-0.05, 0) is 73.9 Å². The van der Waals surface area contributed by atoms with E-state index in [2.05, 4.69) is 54.4 Å². The Morgan fingerprint density at radius 2 is 1.92 bits per heavy atom. The van der Waals surface area contributed by atoms with Crippen molar-refractivity contribution in [3.05, 3.63) is 47.5 Å². The third-order valence-electron chi connectivity index (χ3n) is 8.25. The summed E-state index contributed by atoms with van der Waals surface area (Å²) in [6, 6.07) is 6.20. The molecular weight excluding hydrogens is 535 g/mol. The van der Waals surface area contributed by atoms with Gasteiger partial charge in [-0.3, -0.25) is 15.1 Å². The number of nitrogens with zero attached hydrogens (tertiary/aromatic N) is 3. The summed E-state index contributed by atoms with van der Waals surface area (Å²) in [7, 11) is -0.342. The van der Waals surface area contributed by atoms with Gasteiger partial charge in [-0.15, -0.1) is 5.10 Å². The first kappa shape index (κ1) is 27.7. The average molecular weight is 571 g/mol. The van der Waals surface area contributed by atoms with Crippen LogP contribution in [0.2, 0.25) is 18.1 Å². The zero-order chi connectivity index (χ0) is 28.2. The van der Waals surface area contributed by atoms with E-state index in [1.807, 2.05) is 0 Å². The van der Waals surface area contributed by atoms with E-state index < -0.39 is 20.0 Å². The molecule has 0 aliphatic heterocycles. The fraction of sp³-hybridized carbons (Fsp3) is 0.500. The first-order chi connectivity index (χ1) is 18.3. The number of benzene rings is 1. The highest BCUT2D eigenvalue weighted by molar-refractivity contribution is 7.17. The number of carbonyl (C=O) groups excluding carboxylic acids is 1. The van der Waals surface area contributed by atoms with Gasteiger partial charge in [0.15, 0.2) is 8.32 Å². The first-order valence-corrected chi connectivity index (χ1v) is 16.8. The molecule has 0 saturated heterocycles. The Morgan fingerprint density at radius 1 is 1.21 bits per heavy atom. The molecule has 3 fully saturated rings. The number of nitrogens with one attached hydrogen (secondary N) is 1. The van der Waals surface area contributed by atoms with Crippen LogP contribution in [0.1, 0.15) is 56.1 Å². The van der Waals surface area contributed by atoms with Gasteiger partial charge in [0.2, 0.25) is 5.13 Å². The van der Waals surface area contributed by atoms with Crippen molar-refractivity contribution in [3.8, 4) is 22.1 Å². The quantitative estimate of drug-likeness (QED) is 0.288. The van der Waals surface area contributed by atoms with Crippen molar-refractivity contribution in [1.82, 2.24) is 15.2 Å². The highest BCUT2D eigenvalue weighted by Crippen LogP contribution is 2.70. The largest absolute Gasteiger partial charge is 0.496 e. The molecule has 39 heavy (non-hydrogen) atoms. The second kappa shape index (κ2) is 9.63. The summed E-state index contributed by atoms with van der Waals surface area (Å²) >= 11 is 1.16. The summed E-state index contributed by atoms with van der Waals surface area (Å²) in [6.07, 6.45) is 4.46. The molecule has 208 valence electrons. The van der Waals surface area contributed by atoms with E-state index in [9.17, 15) is 9.18 Å². The van der Waals surface area contributed by atoms with Crippen LogP contribution in [0.25, 0.3) is 11.1 Å². The zero-order valence-corrected chi connectivity index (χ0v) is 25.3. The van der Waals surface area contributed by atoms with Gasteiger partial charge in [0.1, 0.15) is 11.6 Å². The van der Waals surface area contributed by atoms with E-state index in [1.54, 1.807) is 25.1 Å². The SMILES string of the molecule is COc1cccc(F)c1-c1cc(C)ncc1C(=O)Nc1nnc(OCC23CC(O[Si](C)(C)C(C)(C)C)(C2)C3)s1. The van der Waals surface area contributed by atoms with Crippen molar-refractivity contribution >= 4 is 30.7 Å². The number of ether oxygens (including phenoxy) is 2. The third kappa shape index (κ3) is 5.19. The first-order valence-electron chi connectivity index (χ1n) is 13.0. The molecule has 6 rings (SSSR count). The predicted octanol–water partition coefficient (Wildman–Crippen LogP) is 6.63. The smallest absolute Gasteiger partial charge is 0.295 e. The molecule has 2 bridgehead atoms. The van der Waals surface area contributed by atoms with Crippen molar-refractivity contribution < 1.29 is 23.1 Å². The topological polar surface area (TPSA) is 95.5 Å². The van der Waals surface area contributed by atoms with Crippen molar-refractivity contribution in [3.63, 3.8) is 0 Å². The van der Waals surface area contributed by atoms with Crippen LogP contribution in [-0.2, 0) is 4.43 Å². The number of amides is 1. The van der Waals surface area contributed by atoms with Gasteiger partial charge in [0.25, 0.3) is 11.1 Å². The second-order valence-electron chi connectivity index (χ2n) is 12.4.